The van der Waals surface area contributed by atoms with Crippen LogP contribution in [0.15, 0.2) is 72.8 Å². The lowest BCUT2D eigenvalue weighted by Gasteiger charge is -2.26. The minimum Gasteiger partial charge on any atom is -0.493 e. The third kappa shape index (κ3) is 6.77. The highest BCUT2D eigenvalue weighted by atomic mass is 16.5. The second-order valence-electron chi connectivity index (χ2n) is 8.62. The van der Waals surface area contributed by atoms with E-state index in [1.165, 1.54) is 11.1 Å². The molecule has 5 heteroatoms. The summed E-state index contributed by atoms with van der Waals surface area (Å²) in [6, 6.07) is 24.5. The van der Waals surface area contributed by atoms with Crippen LogP contribution in [0.3, 0.4) is 0 Å². The molecule has 0 aliphatic rings. The highest BCUT2D eigenvalue weighted by Crippen LogP contribution is 2.31. The first kappa shape index (κ1) is 25.2. The summed E-state index contributed by atoms with van der Waals surface area (Å²) in [4.78, 5) is 14.4. The molecule has 0 saturated carbocycles. The van der Waals surface area contributed by atoms with Crippen LogP contribution in [0.1, 0.15) is 49.8 Å². The highest BCUT2D eigenvalue weighted by Gasteiger charge is 2.18. The number of hydrogen-bond acceptors (Lipinski definition) is 4. The van der Waals surface area contributed by atoms with Gasteiger partial charge >= 0.3 is 0 Å². The van der Waals surface area contributed by atoms with Crippen molar-refractivity contribution in [1.82, 2.24) is 4.90 Å². The third-order valence-electron chi connectivity index (χ3n) is 5.81. The van der Waals surface area contributed by atoms with Gasteiger partial charge in [0, 0.05) is 25.9 Å². The van der Waals surface area contributed by atoms with Gasteiger partial charge in [-0.1, -0.05) is 48.5 Å². The molecule has 0 spiro atoms. The molecule has 0 N–H and O–H groups in total. The van der Waals surface area contributed by atoms with E-state index in [0.717, 1.165) is 17.7 Å². The Balaban J connectivity index is 1.79. The predicted molar refractivity (Wildman–Crippen MR) is 136 cm³/mol. The van der Waals surface area contributed by atoms with E-state index in [-0.39, 0.29) is 17.9 Å². The fourth-order valence-electron chi connectivity index (χ4n) is 4.09. The number of methoxy groups -OCH3 is 2. The van der Waals surface area contributed by atoms with Gasteiger partial charge in [-0.25, -0.2) is 0 Å². The van der Waals surface area contributed by atoms with Gasteiger partial charge in [0.1, 0.15) is 5.75 Å². The topological polar surface area (TPSA) is 48.0 Å². The standard InChI is InChI=1S/C29H35NO4/c1-21(2)34-26-14-12-25(13-15-26)27(24-9-7-6-8-10-24)17-18-30(22(3)31)20-23-11-16-28(32-4)29(19-23)33-5/h6-16,19,21,27H,17-18,20H2,1-5H3. The predicted octanol–water partition coefficient (Wildman–Crippen LogP) is 6.06. The summed E-state index contributed by atoms with van der Waals surface area (Å²) >= 11 is 0. The Kier molecular flexibility index (Phi) is 8.97. The first-order chi connectivity index (χ1) is 16.4. The fraction of sp³-hybridized carbons (Fsp3) is 0.345. The summed E-state index contributed by atoms with van der Waals surface area (Å²) in [5.74, 6) is 2.41. The SMILES string of the molecule is COc1ccc(CN(CCC(c2ccccc2)c2ccc(OC(C)C)cc2)C(C)=O)cc1OC. The van der Waals surface area contributed by atoms with Gasteiger partial charge in [-0.2, -0.15) is 0 Å². The number of carbonyl (C=O) groups excluding carboxylic acids is 1. The molecule has 5 nitrogen and oxygen atoms in total. The molecule has 0 fully saturated rings. The van der Waals surface area contributed by atoms with Gasteiger partial charge in [-0.15, -0.1) is 0 Å². The van der Waals surface area contributed by atoms with Crippen LogP contribution >= 0.6 is 0 Å². The van der Waals surface area contributed by atoms with Crippen molar-refractivity contribution in [2.75, 3.05) is 20.8 Å². The van der Waals surface area contributed by atoms with Crippen molar-refractivity contribution >= 4 is 5.91 Å². The van der Waals surface area contributed by atoms with Gasteiger partial charge in [0.15, 0.2) is 11.5 Å². The average Bonchev–Trinajstić information content (AvgIpc) is 2.84. The van der Waals surface area contributed by atoms with Crippen LogP contribution in [0.4, 0.5) is 0 Å². The zero-order valence-corrected chi connectivity index (χ0v) is 20.8. The van der Waals surface area contributed by atoms with Crippen LogP contribution in [0, 0.1) is 0 Å². The summed E-state index contributed by atoms with van der Waals surface area (Å²) in [5, 5.41) is 0. The van der Waals surface area contributed by atoms with Crippen molar-refractivity contribution in [3.63, 3.8) is 0 Å². The molecule has 180 valence electrons. The molecule has 3 aromatic carbocycles. The zero-order chi connectivity index (χ0) is 24.5. The third-order valence-corrected chi connectivity index (χ3v) is 5.81. The molecule has 3 rings (SSSR count). The molecule has 0 aliphatic heterocycles. The molecule has 0 heterocycles. The van der Waals surface area contributed by atoms with E-state index in [1.54, 1.807) is 21.1 Å². The summed E-state index contributed by atoms with van der Waals surface area (Å²) in [6.07, 6.45) is 0.942. The van der Waals surface area contributed by atoms with Gasteiger partial charge in [-0.05, 0) is 61.2 Å². The number of carbonyl (C=O) groups is 1. The highest BCUT2D eigenvalue weighted by molar-refractivity contribution is 5.73. The van der Waals surface area contributed by atoms with Gasteiger partial charge in [0.05, 0.1) is 20.3 Å². The molecular formula is C29H35NO4. The second-order valence-corrected chi connectivity index (χ2v) is 8.62. The normalized spacial score (nSPS) is 11.7. The molecule has 0 aliphatic carbocycles. The molecule has 3 aromatic rings. The minimum absolute atomic E-state index is 0.0438. The Morgan fingerprint density at radius 1 is 0.853 bits per heavy atom. The molecule has 1 unspecified atom stereocenters. The van der Waals surface area contributed by atoms with Crippen LogP contribution in [-0.2, 0) is 11.3 Å². The van der Waals surface area contributed by atoms with Gasteiger partial charge in [-0.3, -0.25) is 4.79 Å². The fourth-order valence-corrected chi connectivity index (χ4v) is 4.09. The Morgan fingerprint density at radius 3 is 2.09 bits per heavy atom. The van der Waals surface area contributed by atoms with Crippen LogP contribution in [0.2, 0.25) is 0 Å². The monoisotopic (exact) mass is 461 g/mol. The minimum atomic E-state index is 0.0438. The first-order valence-electron chi connectivity index (χ1n) is 11.7. The van der Waals surface area contributed by atoms with E-state index in [4.69, 9.17) is 14.2 Å². The molecule has 0 aromatic heterocycles. The molecular weight excluding hydrogens is 426 g/mol. The number of nitrogens with zero attached hydrogens (tertiary/aromatic N) is 1. The number of hydrogen-bond donors (Lipinski definition) is 0. The molecule has 1 amide bonds. The quantitative estimate of drug-likeness (QED) is 0.348. The van der Waals surface area contributed by atoms with Crippen LogP contribution < -0.4 is 14.2 Å². The van der Waals surface area contributed by atoms with E-state index in [0.29, 0.717) is 24.6 Å². The zero-order valence-electron chi connectivity index (χ0n) is 20.8. The summed E-state index contributed by atoms with van der Waals surface area (Å²) in [5.41, 5.74) is 3.44. The van der Waals surface area contributed by atoms with Crippen LogP contribution in [0.5, 0.6) is 17.2 Å². The van der Waals surface area contributed by atoms with Crippen molar-refractivity contribution < 1.29 is 19.0 Å². The van der Waals surface area contributed by atoms with E-state index in [9.17, 15) is 4.79 Å². The number of benzene rings is 3. The smallest absolute Gasteiger partial charge is 0.219 e. The second kappa shape index (κ2) is 12.1. The Labute approximate surface area is 203 Å². The lowest BCUT2D eigenvalue weighted by molar-refractivity contribution is -0.129. The van der Waals surface area contributed by atoms with Gasteiger partial charge < -0.3 is 19.1 Å². The number of rotatable bonds is 11. The van der Waals surface area contributed by atoms with E-state index in [1.807, 2.05) is 55.1 Å². The van der Waals surface area contributed by atoms with Crippen molar-refractivity contribution in [3.05, 3.63) is 89.5 Å². The summed E-state index contributed by atoms with van der Waals surface area (Å²) in [7, 11) is 3.23. The Hall–Kier alpha value is -3.47. The van der Waals surface area contributed by atoms with Gasteiger partial charge in [0.2, 0.25) is 5.91 Å². The molecule has 0 saturated heterocycles. The first-order valence-corrected chi connectivity index (χ1v) is 11.7. The van der Waals surface area contributed by atoms with E-state index in [2.05, 4.69) is 36.4 Å². The largest absolute Gasteiger partial charge is 0.493 e. The lowest BCUT2D eigenvalue weighted by atomic mass is 9.88. The van der Waals surface area contributed by atoms with E-state index < -0.39 is 0 Å². The van der Waals surface area contributed by atoms with Crippen molar-refractivity contribution in [2.45, 2.75) is 45.8 Å². The number of ether oxygens (including phenoxy) is 3. The summed E-state index contributed by atoms with van der Waals surface area (Å²) in [6.45, 7) is 6.81. The van der Waals surface area contributed by atoms with E-state index >= 15 is 0 Å². The molecule has 1 atom stereocenters. The molecule has 34 heavy (non-hydrogen) atoms. The molecule has 0 radical (unpaired) electrons. The Morgan fingerprint density at radius 2 is 1.50 bits per heavy atom. The lowest BCUT2D eigenvalue weighted by Crippen LogP contribution is -2.30. The average molecular weight is 462 g/mol. The van der Waals surface area contributed by atoms with Gasteiger partial charge in [0.25, 0.3) is 0 Å². The van der Waals surface area contributed by atoms with Crippen molar-refractivity contribution in [3.8, 4) is 17.2 Å². The Bertz CT molecular complexity index is 1050. The van der Waals surface area contributed by atoms with Crippen LogP contribution in [0.25, 0.3) is 0 Å². The number of amides is 1. The maximum absolute atomic E-state index is 12.5. The van der Waals surface area contributed by atoms with Crippen LogP contribution in [-0.4, -0.2) is 37.7 Å². The molecule has 0 bridgehead atoms. The van der Waals surface area contributed by atoms with Crippen molar-refractivity contribution in [1.29, 1.82) is 0 Å². The van der Waals surface area contributed by atoms with Crippen molar-refractivity contribution in [2.24, 2.45) is 0 Å². The maximum atomic E-state index is 12.5. The maximum Gasteiger partial charge on any atom is 0.219 e. The summed E-state index contributed by atoms with van der Waals surface area (Å²) < 4.78 is 16.6.